The second-order valence-corrected chi connectivity index (χ2v) is 6.65. The second kappa shape index (κ2) is 11.9. The molecule has 0 fully saturated rings. The van der Waals surface area contributed by atoms with Crippen molar-refractivity contribution < 1.29 is 4.39 Å². The topological polar surface area (TPSA) is 104 Å². The largest absolute Gasteiger partial charge is 0.382 e. The summed E-state index contributed by atoms with van der Waals surface area (Å²) >= 11 is 0. The minimum Gasteiger partial charge on any atom is -0.382 e. The van der Waals surface area contributed by atoms with E-state index in [2.05, 4.69) is 26.8 Å². The van der Waals surface area contributed by atoms with Crippen molar-refractivity contribution in [1.82, 2.24) is 20.4 Å². The van der Waals surface area contributed by atoms with Crippen LogP contribution in [-0.4, -0.2) is 29.3 Å². The van der Waals surface area contributed by atoms with E-state index in [1.807, 2.05) is 36.4 Å². The summed E-state index contributed by atoms with van der Waals surface area (Å²) in [6.45, 7) is 1.10. The van der Waals surface area contributed by atoms with Crippen LogP contribution in [0.4, 0.5) is 10.2 Å². The highest BCUT2D eigenvalue weighted by atomic mass is 127. The first-order chi connectivity index (χ1) is 14.6. The van der Waals surface area contributed by atoms with Crippen LogP contribution in [-0.2, 0) is 13.0 Å². The molecule has 0 aliphatic rings. The Bertz CT molecular complexity index is 1060. The number of aliphatic imine (C=N–C) groups is 1. The highest BCUT2D eigenvalue weighted by Gasteiger charge is 2.16. The van der Waals surface area contributed by atoms with Crippen LogP contribution in [0.5, 0.6) is 0 Å². The highest BCUT2D eigenvalue weighted by molar-refractivity contribution is 14.0. The lowest BCUT2D eigenvalue weighted by molar-refractivity contribution is 0.624. The van der Waals surface area contributed by atoms with Gasteiger partial charge in [-0.2, -0.15) is 10.4 Å². The Morgan fingerprint density at radius 2 is 1.97 bits per heavy atom. The fraction of sp³-hybridized carbons (Fsp3) is 0.227. The minimum absolute atomic E-state index is 0. The maximum atomic E-state index is 13.3. The van der Waals surface area contributed by atoms with E-state index in [1.165, 1.54) is 12.1 Å². The number of guanidine groups is 1. The molecule has 0 aliphatic heterocycles. The molecule has 0 atom stereocenters. The van der Waals surface area contributed by atoms with E-state index >= 15 is 0 Å². The van der Waals surface area contributed by atoms with Crippen LogP contribution in [0, 0.1) is 17.1 Å². The molecule has 1 aromatic heterocycles. The number of hydrogen-bond acceptors (Lipinski definition) is 4. The zero-order chi connectivity index (χ0) is 21.3. The quantitative estimate of drug-likeness (QED) is 0.187. The maximum absolute atomic E-state index is 13.3. The second-order valence-electron chi connectivity index (χ2n) is 6.65. The van der Waals surface area contributed by atoms with E-state index in [9.17, 15) is 9.65 Å². The van der Waals surface area contributed by atoms with Crippen molar-refractivity contribution in [3.8, 4) is 11.8 Å². The van der Waals surface area contributed by atoms with Crippen LogP contribution in [0.25, 0.3) is 5.69 Å². The van der Waals surface area contributed by atoms with Crippen LogP contribution < -0.4 is 16.4 Å². The third-order valence-electron chi connectivity index (χ3n) is 4.56. The average molecular weight is 533 g/mol. The molecule has 0 saturated carbocycles. The van der Waals surface area contributed by atoms with Crippen LogP contribution >= 0.6 is 24.0 Å². The SMILES string of the molecule is CN=C(NCCCc1nn(-c2ccccc2)c(N)c1C#N)NCc1cccc(F)c1.I. The molecule has 1 heterocycles. The van der Waals surface area contributed by atoms with E-state index in [0.717, 1.165) is 17.7 Å². The monoisotopic (exact) mass is 533 g/mol. The Balaban J connectivity index is 0.00000341. The molecule has 3 rings (SSSR count). The number of aryl methyl sites for hydroxylation is 1. The Morgan fingerprint density at radius 1 is 1.19 bits per heavy atom. The molecule has 162 valence electrons. The number of rotatable bonds is 7. The van der Waals surface area contributed by atoms with Crippen molar-refractivity contribution in [3.63, 3.8) is 0 Å². The van der Waals surface area contributed by atoms with Gasteiger partial charge in [0.15, 0.2) is 5.96 Å². The zero-order valence-corrected chi connectivity index (χ0v) is 19.5. The molecule has 0 unspecified atom stereocenters. The third kappa shape index (κ3) is 6.42. The summed E-state index contributed by atoms with van der Waals surface area (Å²) in [6, 6.07) is 18.1. The first-order valence-electron chi connectivity index (χ1n) is 9.64. The summed E-state index contributed by atoms with van der Waals surface area (Å²) in [5.41, 5.74) is 8.86. The predicted octanol–water partition coefficient (Wildman–Crippen LogP) is 3.38. The molecule has 7 nitrogen and oxygen atoms in total. The summed E-state index contributed by atoms with van der Waals surface area (Å²) in [5.74, 6) is 0.702. The summed E-state index contributed by atoms with van der Waals surface area (Å²) in [7, 11) is 1.68. The van der Waals surface area contributed by atoms with Crippen molar-refractivity contribution in [2.75, 3.05) is 19.3 Å². The predicted molar refractivity (Wildman–Crippen MR) is 131 cm³/mol. The summed E-state index contributed by atoms with van der Waals surface area (Å²) in [5, 5.41) is 20.4. The lowest BCUT2D eigenvalue weighted by Gasteiger charge is -2.11. The number of nitrogens with zero attached hydrogens (tertiary/aromatic N) is 4. The molecule has 0 amide bonds. The van der Waals surface area contributed by atoms with Crippen LogP contribution in [0.1, 0.15) is 23.2 Å². The summed E-state index contributed by atoms with van der Waals surface area (Å²) < 4.78 is 14.9. The zero-order valence-electron chi connectivity index (χ0n) is 17.2. The maximum Gasteiger partial charge on any atom is 0.191 e. The van der Waals surface area contributed by atoms with Crippen LogP contribution in [0.3, 0.4) is 0 Å². The standard InChI is InChI=1S/C22H24FN7.HI/c1-26-22(28-15-16-7-5-8-17(23)13-16)27-12-6-11-20-19(14-24)21(25)30(29-20)18-9-3-2-4-10-18;/h2-5,7-10,13H,6,11-12,15,25H2,1H3,(H2,26,27,28);1H. The van der Waals surface area contributed by atoms with Crippen LogP contribution in [0.2, 0.25) is 0 Å². The van der Waals surface area contributed by atoms with Gasteiger partial charge in [-0.15, -0.1) is 24.0 Å². The van der Waals surface area contributed by atoms with E-state index in [-0.39, 0.29) is 29.8 Å². The van der Waals surface area contributed by atoms with Crippen LogP contribution in [0.15, 0.2) is 59.6 Å². The number of hydrogen-bond donors (Lipinski definition) is 3. The number of nitrogens with one attached hydrogen (secondary N) is 2. The highest BCUT2D eigenvalue weighted by Crippen LogP contribution is 2.21. The molecule has 0 aliphatic carbocycles. The lowest BCUT2D eigenvalue weighted by atomic mass is 10.1. The Hall–Kier alpha value is -3.13. The van der Waals surface area contributed by atoms with E-state index < -0.39 is 0 Å². The van der Waals surface area contributed by atoms with E-state index in [1.54, 1.807) is 17.8 Å². The van der Waals surface area contributed by atoms with Gasteiger partial charge < -0.3 is 16.4 Å². The molecule has 9 heteroatoms. The molecular weight excluding hydrogens is 508 g/mol. The fourth-order valence-corrected chi connectivity index (χ4v) is 3.06. The molecule has 0 radical (unpaired) electrons. The van der Waals surface area contributed by atoms with Gasteiger partial charge in [-0.25, -0.2) is 9.07 Å². The third-order valence-corrected chi connectivity index (χ3v) is 4.56. The first kappa shape index (κ1) is 24.1. The molecule has 2 aromatic carbocycles. The molecule has 3 aromatic rings. The van der Waals surface area contributed by atoms with Crippen molar-refractivity contribution in [2.45, 2.75) is 19.4 Å². The van der Waals surface area contributed by atoms with Crippen molar-refractivity contribution >= 4 is 35.8 Å². The first-order valence-corrected chi connectivity index (χ1v) is 9.64. The number of nitriles is 1. The smallest absolute Gasteiger partial charge is 0.191 e. The molecule has 0 saturated heterocycles. The summed E-state index contributed by atoms with van der Waals surface area (Å²) in [4.78, 5) is 4.17. The van der Waals surface area contributed by atoms with Gasteiger partial charge in [-0.1, -0.05) is 30.3 Å². The normalized spacial score (nSPS) is 10.8. The van der Waals surface area contributed by atoms with Crippen molar-refractivity contribution in [3.05, 3.63) is 77.2 Å². The number of para-hydroxylation sites is 1. The molecule has 4 N–H and O–H groups in total. The number of nitrogens with two attached hydrogens (primary N) is 1. The Kier molecular flexibility index (Phi) is 9.27. The molecular formula is C22H25FIN7. The molecule has 0 bridgehead atoms. The fourth-order valence-electron chi connectivity index (χ4n) is 3.06. The Morgan fingerprint density at radius 3 is 2.65 bits per heavy atom. The van der Waals surface area contributed by atoms with Gasteiger partial charge >= 0.3 is 0 Å². The van der Waals surface area contributed by atoms with Gasteiger partial charge in [0.05, 0.1) is 11.4 Å². The lowest BCUT2D eigenvalue weighted by Crippen LogP contribution is -2.37. The molecule has 0 spiro atoms. The van der Waals surface area contributed by atoms with Gasteiger partial charge in [-0.05, 0) is 42.7 Å². The number of benzene rings is 2. The van der Waals surface area contributed by atoms with E-state index in [4.69, 9.17) is 5.73 Å². The minimum atomic E-state index is -0.264. The van der Waals surface area contributed by atoms with Crippen molar-refractivity contribution in [1.29, 1.82) is 5.26 Å². The average Bonchev–Trinajstić information content (AvgIpc) is 3.09. The number of anilines is 1. The summed E-state index contributed by atoms with van der Waals surface area (Å²) in [6.07, 6.45) is 1.33. The Labute approximate surface area is 198 Å². The van der Waals surface area contributed by atoms with Gasteiger partial charge in [0.2, 0.25) is 0 Å². The van der Waals surface area contributed by atoms with Crippen molar-refractivity contribution in [2.24, 2.45) is 4.99 Å². The van der Waals surface area contributed by atoms with Gasteiger partial charge in [-0.3, -0.25) is 4.99 Å². The van der Waals surface area contributed by atoms with E-state index in [0.29, 0.717) is 42.5 Å². The van der Waals surface area contributed by atoms with Gasteiger partial charge in [0.25, 0.3) is 0 Å². The number of aromatic nitrogens is 2. The van der Waals surface area contributed by atoms with Gasteiger partial charge in [0, 0.05) is 20.1 Å². The molecule has 31 heavy (non-hydrogen) atoms. The van der Waals surface area contributed by atoms with Gasteiger partial charge in [0.1, 0.15) is 23.3 Å². The number of nitrogen functional groups attached to an aromatic ring is 1. The number of halogens is 2.